The number of nitrogens with one attached hydrogen (secondary N) is 2. The van der Waals surface area contributed by atoms with E-state index in [0.29, 0.717) is 34.4 Å². The molecular formula is C21H20ClN3O2. The second kappa shape index (κ2) is 9.05. The SMILES string of the molecule is COc1ccc(Cl)cc1Nc1ccc(C(=O)NCCc2ccccc2)cn1. The van der Waals surface area contributed by atoms with E-state index < -0.39 is 0 Å². The molecule has 138 valence electrons. The van der Waals surface area contributed by atoms with Crippen LogP contribution in [0, 0.1) is 0 Å². The molecule has 3 rings (SSSR count). The van der Waals surface area contributed by atoms with Gasteiger partial charge in [0, 0.05) is 17.8 Å². The highest BCUT2D eigenvalue weighted by molar-refractivity contribution is 6.31. The van der Waals surface area contributed by atoms with Gasteiger partial charge in [0.25, 0.3) is 5.91 Å². The molecule has 0 unspecified atom stereocenters. The van der Waals surface area contributed by atoms with Gasteiger partial charge < -0.3 is 15.4 Å². The van der Waals surface area contributed by atoms with E-state index in [0.717, 1.165) is 6.42 Å². The van der Waals surface area contributed by atoms with Gasteiger partial charge >= 0.3 is 0 Å². The number of nitrogens with zero attached hydrogens (tertiary/aromatic N) is 1. The number of anilines is 2. The van der Waals surface area contributed by atoms with Crippen LogP contribution in [-0.4, -0.2) is 24.5 Å². The van der Waals surface area contributed by atoms with Crippen molar-refractivity contribution in [1.82, 2.24) is 10.3 Å². The molecule has 27 heavy (non-hydrogen) atoms. The van der Waals surface area contributed by atoms with Crippen LogP contribution in [0.4, 0.5) is 11.5 Å². The Hall–Kier alpha value is -3.05. The van der Waals surface area contributed by atoms with Gasteiger partial charge in [-0.1, -0.05) is 41.9 Å². The number of carbonyl (C=O) groups is 1. The average molecular weight is 382 g/mol. The summed E-state index contributed by atoms with van der Waals surface area (Å²) in [5, 5.41) is 6.64. The molecule has 1 heterocycles. The van der Waals surface area contributed by atoms with Gasteiger partial charge in [0.15, 0.2) is 0 Å². The van der Waals surface area contributed by atoms with Crippen molar-refractivity contribution in [3.8, 4) is 5.75 Å². The zero-order valence-corrected chi connectivity index (χ0v) is 15.7. The van der Waals surface area contributed by atoms with Crippen molar-refractivity contribution in [2.75, 3.05) is 19.0 Å². The van der Waals surface area contributed by atoms with E-state index in [9.17, 15) is 4.79 Å². The van der Waals surface area contributed by atoms with Crippen LogP contribution in [0.25, 0.3) is 0 Å². The molecule has 0 aliphatic carbocycles. The molecule has 2 N–H and O–H groups in total. The number of amides is 1. The van der Waals surface area contributed by atoms with Crippen LogP contribution in [0.15, 0.2) is 66.9 Å². The number of halogens is 1. The van der Waals surface area contributed by atoms with Crippen LogP contribution in [0.1, 0.15) is 15.9 Å². The highest BCUT2D eigenvalue weighted by Crippen LogP contribution is 2.29. The molecule has 1 amide bonds. The van der Waals surface area contributed by atoms with Crippen molar-refractivity contribution in [2.45, 2.75) is 6.42 Å². The zero-order valence-electron chi connectivity index (χ0n) is 14.9. The van der Waals surface area contributed by atoms with E-state index in [2.05, 4.69) is 15.6 Å². The van der Waals surface area contributed by atoms with E-state index in [1.807, 2.05) is 30.3 Å². The second-order valence-corrected chi connectivity index (χ2v) is 6.33. The van der Waals surface area contributed by atoms with Gasteiger partial charge in [0.1, 0.15) is 11.6 Å². The van der Waals surface area contributed by atoms with Crippen molar-refractivity contribution >= 4 is 29.0 Å². The van der Waals surface area contributed by atoms with Crippen molar-refractivity contribution < 1.29 is 9.53 Å². The Kier molecular flexibility index (Phi) is 6.28. The van der Waals surface area contributed by atoms with Crippen molar-refractivity contribution in [3.63, 3.8) is 0 Å². The lowest BCUT2D eigenvalue weighted by Crippen LogP contribution is -2.25. The molecule has 0 atom stereocenters. The summed E-state index contributed by atoms with van der Waals surface area (Å²) < 4.78 is 5.30. The summed E-state index contributed by atoms with van der Waals surface area (Å²) in [6, 6.07) is 18.8. The quantitative estimate of drug-likeness (QED) is 0.634. The molecule has 0 saturated heterocycles. The lowest BCUT2D eigenvalue weighted by molar-refractivity contribution is 0.0954. The van der Waals surface area contributed by atoms with E-state index in [1.54, 1.807) is 37.4 Å². The Labute approximate surface area is 163 Å². The maximum absolute atomic E-state index is 12.2. The van der Waals surface area contributed by atoms with Crippen molar-refractivity contribution in [2.24, 2.45) is 0 Å². The van der Waals surface area contributed by atoms with Gasteiger partial charge in [0.05, 0.1) is 18.4 Å². The molecule has 0 bridgehead atoms. The molecule has 2 aromatic carbocycles. The van der Waals surface area contributed by atoms with Gasteiger partial charge in [-0.05, 0) is 42.3 Å². The van der Waals surface area contributed by atoms with E-state index in [1.165, 1.54) is 11.8 Å². The highest BCUT2D eigenvalue weighted by Gasteiger charge is 2.08. The fraction of sp³-hybridized carbons (Fsp3) is 0.143. The largest absolute Gasteiger partial charge is 0.495 e. The first-order chi connectivity index (χ1) is 13.2. The molecule has 0 aliphatic rings. The van der Waals surface area contributed by atoms with Gasteiger partial charge in [-0.3, -0.25) is 4.79 Å². The number of methoxy groups -OCH3 is 1. The molecule has 5 nitrogen and oxygen atoms in total. The van der Waals surface area contributed by atoms with E-state index in [-0.39, 0.29) is 5.91 Å². The van der Waals surface area contributed by atoms with Gasteiger partial charge in [-0.25, -0.2) is 4.98 Å². The Morgan fingerprint density at radius 2 is 1.93 bits per heavy atom. The van der Waals surface area contributed by atoms with Crippen LogP contribution in [0.2, 0.25) is 5.02 Å². The highest BCUT2D eigenvalue weighted by atomic mass is 35.5. The van der Waals surface area contributed by atoms with Crippen molar-refractivity contribution in [1.29, 1.82) is 0 Å². The third-order valence-corrected chi connectivity index (χ3v) is 4.23. The Morgan fingerprint density at radius 3 is 2.63 bits per heavy atom. The first-order valence-electron chi connectivity index (χ1n) is 8.54. The zero-order chi connectivity index (χ0) is 19.1. The predicted octanol–water partition coefficient (Wildman–Crippen LogP) is 4.46. The normalized spacial score (nSPS) is 10.3. The van der Waals surface area contributed by atoms with Crippen molar-refractivity contribution in [3.05, 3.63) is 83.0 Å². The third-order valence-electron chi connectivity index (χ3n) is 3.99. The molecular weight excluding hydrogens is 362 g/mol. The summed E-state index contributed by atoms with van der Waals surface area (Å²) in [5.74, 6) is 1.10. The maximum Gasteiger partial charge on any atom is 0.252 e. The number of hydrogen-bond acceptors (Lipinski definition) is 4. The summed E-state index contributed by atoms with van der Waals surface area (Å²) in [4.78, 5) is 16.5. The van der Waals surface area contributed by atoms with Crippen LogP contribution in [0.5, 0.6) is 5.75 Å². The first-order valence-corrected chi connectivity index (χ1v) is 8.92. The Morgan fingerprint density at radius 1 is 1.11 bits per heavy atom. The summed E-state index contributed by atoms with van der Waals surface area (Å²) in [5.41, 5.74) is 2.40. The standard InChI is InChI=1S/C21H20ClN3O2/c1-27-19-9-8-17(22)13-18(19)25-20-10-7-16(14-24-20)21(26)23-12-11-15-5-3-2-4-6-15/h2-10,13-14H,11-12H2,1H3,(H,23,26)(H,24,25). The molecule has 0 radical (unpaired) electrons. The van der Waals surface area contributed by atoms with E-state index >= 15 is 0 Å². The Balaban J connectivity index is 1.58. The lowest BCUT2D eigenvalue weighted by Gasteiger charge is -2.11. The monoisotopic (exact) mass is 381 g/mol. The predicted molar refractivity (Wildman–Crippen MR) is 108 cm³/mol. The number of hydrogen-bond donors (Lipinski definition) is 2. The van der Waals surface area contributed by atoms with Crippen LogP contribution < -0.4 is 15.4 Å². The summed E-state index contributed by atoms with van der Waals surface area (Å²) >= 11 is 6.03. The van der Waals surface area contributed by atoms with Crippen LogP contribution >= 0.6 is 11.6 Å². The van der Waals surface area contributed by atoms with E-state index in [4.69, 9.17) is 16.3 Å². The topological polar surface area (TPSA) is 63.2 Å². The molecule has 0 fully saturated rings. The number of carbonyl (C=O) groups excluding carboxylic acids is 1. The number of benzene rings is 2. The number of ether oxygens (including phenoxy) is 1. The lowest BCUT2D eigenvalue weighted by atomic mass is 10.1. The minimum atomic E-state index is -0.148. The molecule has 1 aromatic heterocycles. The van der Waals surface area contributed by atoms with Crippen LogP contribution in [0.3, 0.4) is 0 Å². The third kappa shape index (κ3) is 5.21. The number of pyridine rings is 1. The van der Waals surface area contributed by atoms with Gasteiger partial charge in [-0.15, -0.1) is 0 Å². The average Bonchev–Trinajstić information content (AvgIpc) is 2.69. The molecule has 0 spiro atoms. The molecule has 0 saturated carbocycles. The summed E-state index contributed by atoms with van der Waals surface area (Å²) in [6.45, 7) is 0.572. The summed E-state index contributed by atoms with van der Waals surface area (Å²) in [7, 11) is 1.59. The van der Waals surface area contributed by atoms with Gasteiger partial charge in [-0.2, -0.15) is 0 Å². The van der Waals surface area contributed by atoms with Crippen LogP contribution in [-0.2, 0) is 6.42 Å². The fourth-order valence-electron chi connectivity index (χ4n) is 2.59. The molecule has 3 aromatic rings. The Bertz CT molecular complexity index is 899. The summed E-state index contributed by atoms with van der Waals surface area (Å²) in [6.07, 6.45) is 2.32. The van der Waals surface area contributed by atoms with Gasteiger partial charge in [0.2, 0.25) is 0 Å². The molecule has 0 aliphatic heterocycles. The second-order valence-electron chi connectivity index (χ2n) is 5.89. The minimum absolute atomic E-state index is 0.148. The minimum Gasteiger partial charge on any atom is -0.495 e. The molecule has 6 heteroatoms. The maximum atomic E-state index is 12.2. The first kappa shape index (κ1) is 18.7. The number of aromatic nitrogens is 1. The number of rotatable bonds is 7. The smallest absolute Gasteiger partial charge is 0.252 e. The fourth-order valence-corrected chi connectivity index (χ4v) is 2.76.